The zero-order valence-corrected chi connectivity index (χ0v) is 18.3. The van der Waals surface area contributed by atoms with E-state index in [1.54, 1.807) is 33.0 Å². The van der Waals surface area contributed by atoms with Crippen molar-refractivity contribution in [2.75, 3.05) is 5.32 Å². The Morgan fingerprint density at radius 1 is 1.29 bits per heavy atom. The molecule has 0 aliphatic carbocycles. The molecule has 152 valence electrons. The summed E-state index contributed by atoms with van der Waals surface area (Å²) in [7, 11) is 0. The number of rotatable bonds is 6. The number of nitrogens with zero attached hydrogens (tertiary/aromatic N) is 1. The van der Waals surface area contributed by atoms with Crippen molar-refractivity contribution in [1.82, 2.24) is 10.3 Å². The molecule has 0 aliphatic heterocycles. The third kappa shape index (κ3) is 6.67. The van der Waals surface area contributed by atoms with Gasteiger partial charge in [0.2, 0.25) is 5.91 Å². The van der Waals surface area contributed by atoms with E-state index in [9.17, 15) is 9.59 Å². The largest absolute Gasteiger partial charge is 0.444 e. The molecule has 0 bridgehead atoms. The van der Waals surface area contributed by atoms with Crippen LogP contribution < -0.4 is 10.6 Å². The number of amides is 2. The fourth-order valence-corrected chi connectivity index (χ4v) is 3.19. The van der Waals surface area contributed by atoms with Crippen LogP contribution in [0.2, 0.25) is 0 Å². The van der Waals surface area contributed by atoms with Gasteiger partial charge < -0.3 is 19.8 Å². The highest BCUT2D eigenvalue weighted by Gasteiger charge is 2.21. The number of alkyl carbamates (subject to hydrolysis) is 1. The topological polar surface area (TPSA) is 93.5 Å². The van der Waals surface area contributed by atoms with Crippen molar-refractivity contribution in [3.8, 4) is 11.3 Å². The summed E-state index contributed by atoms with van der Waals surface area (Å²) >= 11 is 3.49. The van der Waals surface area contributed by atoms with Gasteiger partial charge in [0.05, 0.1) is 6.20 Å². The molecule has 7 nitrogen and oxygen atoms in total. The van der Waals surface area contributed by atoms with E-state index in [1.165, 1.54) is 6.39 Å². The molecule has 2 atom stereocenters. The molecule has 2 aromatic rings. The Labute approximate surface area is 173 Å². The third-order valence-corrected chi connectivity index (χ3v) is 4.51. The van der Waals surface area contributed by atoms with Crippen LogP contribution in [0.4, 0.5) is 10.5 Å². The van der Waals surface area contributed by atoms with Crippen molar-refractivity contribution in [3.63, 3.8) is 0 Å². The van der Waals surface area contributed by atoms with E-state index in [-0.39, 0.29) is 17.9 Å². The second-order valence-corrected chi connectivity index (χ2v) is 8.59. The Balaban J connectivity index is 1.90. The Hall–Kier alpha value is -2.35. The number of hydrogen-bond donors (Lipinski definition) is 2. The van der Waals surface area contributed by atoms with Gasteiger partial charge in [0, 0.05) is 27.7 Å². The van der Waals surface area contributed by atoms with E-state index in [0.717, 1.165) is 10.0 Å². The molecule has 8 heteroatoms. The number of anilines is 1. The molecule has 1 aromatic carbocycles. The minimum absolute atomic E-state index is 0.128. The molecule has 1 aromatic heterocycles. The average molecular weight is 452 g/mol. The first-order valence-electron chi connectivity index (χ1n) is 9.04. The van der Waals surface area contributed by atoms with Crippen LogP contribution >= 0.6 is 15.9 Å². The molecule has 1 heterocycles. The molecule has 0 fully saturated rings. The van der Waals surface area contributed by atoms with Gasteiger partial charge in [0.1, 0.15) is 5.60 Å². The Kier molecular flexibility index (Phi) is 7.23. The van der Waals surface area contributed by atoms with Crippen molar-refractivity contribution >= 4 is 33.6 Å². The van der Waals surface area contributed by atoms with Crippen LogP contribution in [0.5, 0.6) is 0 Å². The van der Waals surface area contributed by atoms with Gasteiger partial charge in [-0.25, -0.2) is 9.78 Å². The highest BCUT2D eigenvalue weighted by atomic mass is 79.9. The molecule has 2 N–H and O–H groups in total. The van der Waals surface area contributed by atoms with E-state index in [4.69, 9.17) is 9.15 Å². The summed E-state index contributed by atoms with van der Waals surface area (Å²) in [5, 5.41) is 5.65. The first kappa shape index (κ1) is 21.9. The first-order chi connectivity index (χ1) is 13.0. The molecular weight excluding hydrogens is 426 g/mol. The molecule has 2 rings (SSSR count). The van der Waals surface area contributed by atoms with Crippen molar-refractivity contribution in [1.29, 1.82) is 0 Å². The highest BCUT2D eigenvalue weighted by Crippen LogP contribution is 2.30. The van der Waals surface area contributed by atoms with E-state index in [0.29, 0.717) is 17.9 Å². The number of aromatic nitrogens is 1. The summed E-state index contributed by atoms with van der Waals surface area (Å²) in [5.41, 5.74) is 0.955. The minimum Gasteiger partial charge on any atom is -0.444 e. The molecule has 0 saturated carbocycles. The van der Waals surface area contributed by atoms with Gasteiger partial charge in [-0.2, -0.15) is 0 Å². The molecule has 2 unspecified atom stereocenters. The van der Waals surface area contributed by atoms with Crippen LogP contribution in [0.3, 0.4) is 0 Å². The minimum atomic E-state index is -0.557. The zero-order valence-electron chi connectivity index (χ0n) is 16.7. The van der Waals surface area contributed by atoms with Gasteiger partial charge in [-0.3, -0.25) is 4.79 Å². The van der Waals surface area contributed by atoms with Gasteiger partial charge in [-0.05, 0) is 68.2 Å². The lowest BCUT2D eigenvalue weighted by Crippen LogP contribution is -2.39. The summed E-state index contributed by atoms with van der Waals surface area (Å²) in [5.74, 6) is 0.218. The van der Waals surface area contributed by atoms with Crippen molar-refractivity contribution in [2.45, 2.75) is 52.7 Å². The van der Waals surface area contributed by atoms with Crippen molar-refractivity contribution in [3.05, 3.63) is 35.3 Å². The summed E-state index contributed by atoms with van der Waals surface area (Å²) in [6.45, 7) is 9.08. The lowest BCUT2D eigenvalue weighted by atomic mass is 10.0. The van der Waals surface area contributed by atoms with Gasteiger partial charge in [-0.15, -0.1) is 0 Å². The van der Waals surface area contributed by atoms with Crippen LogP contribution in [0, 0.1) is 5.92 Å². The van der Waals surface area contributed by atoms with E-state index in [2.05, 4.69) is 31.5 Å². The third-order valence-electron chi connectivity index (χ3n) is 3.85. The fraction of sp³-hybridized carbons (Fsp3) is 0.450. The van der Waals surface area contributed by atoms with Crippen molar-refractivity contribution < 1.29 is 18.7 Å². The SMILES string of the molecule is CC(CC(C)C(=O)Nc1ccc(-c2cnco2)c(Br)c1)NC(=O)OC(C)(C)C. The van der Waals surface area contributed by atoms with E-state index >= 15 is 0 Å². The zero-order chi connectivity index (χ0) is 20.9. The number of benzene rings is 1. The Morgan fingerprint density at radius 3 is 2.57 bits per heavy atom. The molecule has 0 radical (unpaired) electrons. The molecule has 0 saturated heterocycles. The van der Waals surface area contributed by atoms with Crippen LogP contribution in [0.15, 0.2) is 39.7 Å². The number of carbonyl (C=O) groups is 2. The van der Waals surface area contributed by atoms with Gasteiger partial charge >= 0.3 is 6.09 Å². The average Bonchev–Trinajstić information content (AvgIpc) is 3.06. The predicted molar refractivity (Wildman–Crippen MR) is 111 cm³/mol. The maximum Gasteiger partial charge on any atom is 0.407 e. The maximum atomic E-state index is 12.5. The smallest absolute Gasteiger partial charge is 0.407 e. The Morgan fingerprint density at radius 2 is 2.00 bits per heavy atom. The van der Waals surface area contributed by atoms with E-state index < -0.39 is 11.7 Å². The second kappa shape index (κ2) is 9.23. The van der Waals surface area contributed by atoms with Gasteiger partial charge in [0.15, 0.2) is 12.2 Å². The standard InChI is InChI=1S/C20H26BrN3O4/c1-12(8-13(2)23-19(26)28-20(3,4)5)18(25)24-14-6-7-15(16(21)9-14)17-10-22-11-27-17/h6-7,9-13H,8H2,1-5H3,(H,23,26)(H,24,25). The predicted octanol–water partition coefficient (Wildman–Crippen LogP) is 4.98. The monoisotopic (exact) mass is 451 g/mol. The van der Waals surface area contributed by atoms with E-state index in [1.807, 2.05) is 26.0 Å². The quantitative estimate of drug-likeness (QED) is 0.645. The van der Waals surface area contributed by atoms with Crippen LogP contribution in [-0.2, 0) is 9.53 Å². The number of carbonyl (C=O) groups excluding carboxylic acids is 2. The lowest BCUT2D eigenvalue weighted by molar-refractivity contribution is -0.119. The number of halogens is 1. The van der Waals surface area contributed by atoms with Crippen LogP contribution in [0.25, 0.3) is 11.3 Å². The van der Waals surface area contributed by atoms with Crippen LogP contribution in [0.1, 0.15) is 41.0 Å². The molecule has 28 heavy (non-hydrogen) atoms. The fourth-order valence-electron chi connectivity index (χ4n) is 2.61. The summed E-state index contributed by atoms with van der Waals surface area (Å²) in [4.78, 5) is 28.2. The van der Waals surface area contributed by atoms with Crippen molar-refractivity contribution in [2.24, 2.45) is 5.92 Å². The lowest BCUT2D eigenvalue weighted by Gasteiger charge is -2.23. The summed E-state index contributed by atoms with van der Waals surface area (Å²) in [6.07, 6.45) is 2.99. The Bertz CT molecular complexity index is 815. The second-order valence-electron chi connectivity index (χ2n) is 7.73. The normalized spacial score (nSPS) is 13.5. The first-order valence-corrected chi connectivity index (χ1v) is 9.83. The number of ether oxygens (including phenoxy) is 1. The number of oxazole rings is 1. The molecule has 2 amide bonds. The maximum absolute atomic E-state index is 12.5. The van der Waals surface area contributed by atoms with Crippen LogP contribution in [-0.4, -0.2) is 28.6 Å². The summed E-state index contributed by atoms with van der Waals surface area (Å²) in [6, 6.07) is 5.26. The van der Waals surface area contributed by atoms with Gasteiger partial charge in [-0.1, -0.05) is 6.92 Å². The molecule has 0 spiro atoms. The molecular formula is C20H26BrN3O4. The highest BCUT2D eigenvalue weighted by molar-refractivity contribution is 9.10. The van der Waals surface area contributed by atoms with Gasteiger partial charge in [0.25, 0.3) is 0 Å². The number of hydrogen-bond acceptors (Lipinski definition) is 5. The number of nitrogens with one attached hydrogen (secondary N) is 2. The molecule has 0 aliphatic rings. The summed E-state index contributed by atoms with van der Waals surface area (Å²) < 4.78 is 11.3.